The number of nitrogens with two attached hydrogens (primary N) is 1. The van der Waals surface area contributed by atoms with Gasteiger partial charge >= 0.3 is 11.7 Å². The Morgan fingerprint density at radius 1 is 1.39 bits per heavy atom. The second kappa shape index (κ2) is 5.52. The summed E-state index contributed by atoms with van der Waals surface area (Å²) in [7, 11) is 0. The van der Waals surface area contributed by atoms with Gasteiger partial charge in [-0.1, -0.05) is 0 Å². The fraction of sp³-hybridized carbons (Fsp3) is 0.214. The van der Waals surface area contributed by atoms with Crippen LogP contribution in [-0.2, 0) is 9.53 Å². The molecule has 3 rings (SSSR count). The first kappa shape index (κ1) is 14.7. The van der Waals surface area contributed by atoms with Crippen molar-refractivity contribution in [1.82, 2.24) is 9.97 Å². The predicted octanol–water partition coefficient (Wildman–Crippen LogP) is -0.0861. The van der Waals surface area contributed by atoms with Crippen LogP contribution in [0, 0.1) is 0 Å². The van der Waals surface area contributed by atoms with Gasteiger partial charge in [0.1, 0.15) is 11.3 Å². The van der Waals surface area contributed by atoms with Crippen molar-refractivity contribution in [2.75, 3.05) is 6.61 Å². The molecule has 4 N–H and O–H groups in total. The molecule has 2 aromatic heterocycles. The van der Waals surface area contributed by atoms with Gasteiger partial charge in [0.25, 0.3) is 5.56 Å². The van der Waals surface area contributed by atoms with Gasteiger partial charge in [0, 0.05) is 0 Å². The summed E-state index contributed by atoms with van der Waals surface area (Å²) in [6.45, 7) is 1.76. The molecular weight excluding hydrogens is 306 g/mol. The summed E-state index contributed by atoms with van der Waals surface area (Å²) in [6.07, 6.45) is 1.39. The molecular formula is C14H13N3O6. The first-order chi connectivity index (χ1) is 11.0. The van der Waals surface area contributed by atoms with E-state index in [9.17, 15) is 14.4 Å². The first-order valence-corrected chi connectivity index (χ1v) is 6.77. The molecule has 120 valence electrons. The standard InChI is InChI=1S/C14H13N3O6/c1-2-21-13(19)8-7(6-4-3-5-22-6)9-11(18)16-14(20)17-12(9)23-10(8)15/h3-5,7H,2,15H2,1H3,(H2,16,17,18,20). The normalized spacial score (nSPS) is 16.7. The Bertz CT molecular complexity index is 890. The highest BCUT2D eigenvalue weighted by atomic mass is 16.5. The molecule has 0 spiro atoms. The van der Waals surface area contributed by atoms with Crippen molar-refractivity contribution in [2.45, 2.75) is 12.8 Å². The monoisotopic (exact) mass is 319 g/mol. The Morgan fingerprint density at radius 3 is 2.83 bits per heavy atom. The minimum atomic E-state index is -0.951. The summed E-state index contributed by atoms with van der Waals surface area (Å²) in [6, 6.07) is 3.18. The van der Waals surface area contributed by atoms with Crippen molar-refractivity contribution in [3.8, 4) is 5.88 Å². The molecule has 0 saturated heterocycles. The number of esters is 1. The lowest BCUT2D eigenvalue weighted by Crippen LogP contribution is -2.35. The second-order valence-corrected chi connectivity index (χ2v) is 4.70. The number of furan rings is 1. The van der Waals surface area contributed by atoms with Gasteiger partial charge in [0.15, 0.2) is 0 Å². The highest BCUT2D eigenvalue weighted by Crippen LogP contribution is 2.39. The van der Waals surface area contributed by atoms with Crippen molar-refractivity contribution in [1.29, 1.82) is 0 Å². The van der Waals surface area contributed by atoms with E-state index in [4.69, 9.17) is 19.6 Å². The fourth-order valence-corrected chi connectivity index (χ4v) is 2.44. The number of carbonyl (C=O) groups is 1. The number of fused-ring (bicyclic) bond motifs is 1. The van der Waals surface area contributed by atoms with E-state index in [1.54, 1.807) is 19.1 Å². The van der Waals surface area contributed by atoms with E-state index in [1.807, 2.05) is 0 Å². The highest BCUT2D eigenvalue weighted by molar-refractivity contribution is 5.92. The van der Waals surface area contributed by atoms with Crippen molar-refractivity contribution in [3.05, 3.63) is 62.0 Å². The number of rotatable bonds is 3. The third-order valence-electron chi connectivity index (χ3n) is 3.32. The zero-order chi connectivity index (χ0) is 16.6. The van der Waals surface area contributed by atoms with E-state index in [0.29, 0.717) is 0 Å². The molecule has 1 aliphatic heterocycles. The largest absolute Gasteiger partial charge is 0.468 e. The van der Waals surface area contributed by atoms with Crippen LogP contribution in [0.1, 0.15) is 24.2 Å². The van der Waals surface area contributed by atoms with E-state index in [-0.39, 0.29) is 35.3 Å². The molecule has 1 atom stereocenters. The number of H-pyrrole nitrogens is 2. The Kier molecular flexibility index (Phi) is 3.53. The quantitative estimate of drug-likeness (QED) is 0.672. The van der Waals surface area contributed by atoms with E-state index < -0.39 is 23.1 Å². The maximum Gasteiger partial charge on any atom is 0.340 e. The van der Waals surface area contributed by atoms with Crippen LogP contribution in [0.4, 0.5) is 0 Å². The Labute approximate surface area is 128 Å². The van der Waals surface area contributed by atoms with Crippen LogP contribution in [-0.4, -0.2) is 22.5 Å². The van der Waals surface area contributed by atoms with E-state index in [0.717, 1.165) is 0 Å². The van der Waals surface area contributed by atoms with Crippen LogP contribution in [0.15, 0.2) is 43.9 Å². The van der Waals surface area contributed by atoms with Gasteiger partial charge in [-0.25, -0.2) is 9.59 Å². The van der Waals surface area contributed by atoms with Crippen LogP contribution in [0.25, 0.3) is 0 Å². The number of hydrogen-bond acceptors (Lipinski definition) is 7. The van der Waals surface area contributed by atoms with E-state index in [1.165, 1.54) is 6.26 Å². The minimum absolute atomic E-state index is 0.0109. The average Bonchev–Trinajstić information content (AvgIpc) is 2.99. The Morgan fingerprint density at radius 2 is 2.17 bits per heavy atom. The molecule has 1 unspecified atom stereocenters. The lowest BCUT2D eigenvalue weighted by molar-refractivity contribution is -0.139. The summed E-state index contributed by atoms with van der Waals surface area (Å²) in [5.41, 5.74) is 4.29. The molecule has 0 saturated carbocycles. The molecule has 2 aromatic rings. The summed E-state index contributed by atoms with van der Waals surface area (Å²) < 4.78 is 15.5. The van der Waals surface area contributed by atoms with Gasteiger partial charge in [-0.3, -0.25) is 14.8 Å². The van der Waals surface area contributed by atoms with Gasteiger partial charge in [0.05, 0.1) is 24.4 Å². The zero-order valence-corrected chi connectivity index (χ0v) is 12.0. The maximum absolute atomic E-state index is 12.2. The number of carbonyl (C=O) groups excluding carboxylic acids is 1. The topological polar surface area (TPSA) is 140 Å². The highest BCUT2D eigenvalue weighted by Gasteiger charge is 2.39. The summed E-state index contributed by atoms with van der Waals surface area (Å²) >= 11 is 0. The van der Waals surface area contributed by atoms with Gasteiger partial charge in [-0.2, -0.15) is 0 Å². The molecule has 23 heavy (non-hydrogen) atoms. The molecule has 0 radical (unpaired) electrons. The summed E-state index contributed by atoms with van der Waals surface area (Å²) in [4.78, 5) is 40.3. The molecule has 9 nitrogen and oxygen atoms in total. The SMILES string of the molecule is CCOC(=O)C1=C(N)Oc2[nH]c(=O)[nH]c(=O)c2C1c1ccco1. The lowest BCUT2D eigenvalue weighted by atomic mass is 9.88. The van der Waals surface area contributed by atoms with Gasteiger partial charge in [-0.05, 0) is 19.1 Å². The average molecular weight is 319 g/mol. The molecule has 0 amide bonds. The molecule has 9 heteroatoms. The van der Waals surface area contributed by atoms with Crippen LogP contribution >= 0.6 is 0 Å². The molecule has 0 aromatic carbocycles. The van der Waals surface area contributed by atoms with Crippen molar-refractivity contribution in [2.24, 2.45) is 5.73 Å². The van der Waals surface area contributed by atoms with Crippen molar-refractivity contribution < 1.29 is 18.7 Å². The van der Waals surface area contributed by atoms with Crippen molar-refractivity contribution in [3.63, 3.8) is 0 Å². The molecule has 0 fully saturated rings. The van der Waals surface area contributed by atoms with Crippen LogP contribution in [0.3, 0.4) is 0 Å². The second-order valence-electron chi connectivity index (χ2n) is 4.70. The van der Waals surface area contributed by atoms with E-state index in [2.05, 4.69) is 9.97 Å². The third-order valence-corrected chi connectivity index (χ3v) is 3.32. The molecule has 0 bridgehead atoms. The van der Waals surface area contributed by atoms with Crippen LogP contribution in [0.2, 0.25) is 0 Å². The van der Waals surface area contributed by atoms with Crippen LogP contribution < -0.4 is 21.7 Å². The predicted molar refractivity (Wildman–Crippen MR) is 76.7 cm³/mol. The molecule has 0 aliphatic carbocycles. The summed E-state index contributed by atoms with van der Waals surface area (Å²) in [5, 5.41) is 0. The summed E-state index contributed by atoms with van der Waals surface area (Å²) in [5.74, 6) is -1.79. The molecule has 1 aliphatic rings. The number of nitrogens with one attached hydrogen (secondary N) is 2. The maximum atomic E-state index is 12.2. The first-order valence-electron chi connectivity index (χ1n) is 6.77. The Balaban J connectivity index is 2.26. The van der Waals surface area contributed by atoms with Crippen molar-refractivity contribution >= 4 is 5.97 Å². The smallest absolute Gasteiger partial charge is 0.340 e. The number of aromatic nitrogens is 2. The van der Waals surface area contributed by atoms with Gasteiger partial charge in [0.2, 0.25) is 11.8 Å². The minimum Gasteiger partial charge on any atom is -0.468 e. The Hall–Kier alpha value is -3.23. The van der Waals surface area contributed by atoms with Crippen LogP contribution in [0.5, 0.6) is 5.88 Å². The zero-order valence-electron chi connectivity index (χ0n) is 12.0. The third kappa shape index (κ3) is 2.41. The lowest BCUT2D eigenvalue weighted by Gasteiger charge is -2.25. The molecule has 3 heterocycles. The number of hydrogen-bond donors (Lipinski definition) is 3. The van der Waals surface area contributed by atoms with Gasteiger partial charge < -0.3 is 19.6 Å². The van der Waals surface area contributed by atoms with E-state index >= 15 is 0 Å². The number of aromatic amines is 2. The van der Waals surface area contributed by atoms with Gasteiger partial charge in [-0.15, -0.1) is 0 Å². The number of ether oxygens (including phenoxy) is 2. The fourth-order valence-electron chi connectivity index (χ4n) is 2.44.